The summed E-state index contributed by atoms with van der Waals surface area (Å²) < 4.78 is 0. The molecule has 11 aromatic rings. The molecule has 0 amide bonds. The normalized spacial score (nSPS) is 15.4. The van der Waals surface area contributed by atoms with Crippen molar-refractivity contribution in [2.45, 2.75) is 51.0 Å². The quantitative estimate of drug-likeness (QED) is 0.142. The molecule has 3 aliphatic rings. The second kappa shape index (κ2) is 17.9. The van der Waals surface area contributed by atoms with E-state index in [-0.39, 0.29) is 16.9 Å². The van der Waals surface area contributed by atoms with E-state index >= 15 is 0 Å². The first-order chi connectivity index (χ1) is 37.2. The third-order valence-electron chi connectivity index (χ3n) is 16.9. The van der Waals surface area contributed by atoms with E-state index in [1.165, 1.54) is 111 Å². The molecule has 0 fully saturated rings. The van der Waals surface area contributed by atoms with Gasteiger partial charge in [-0.2, -0.15) is 0 Å². The number of benzene rings is 11. The van der Waals surface area contributed by atoms with E-state index in [9.17, 15) is 0 Å². The van der Waals surface area contributed by atoms with E-state index in [4.69, 9.17) is 0 Å². The molecular weight excluding hydrogens is 917 g/mol. The highest BCUT2D eigenvalue weighted by molar-refractivity contribution is 6.00. The Kier molecular flexibility index (Phi) is 10.7. The molecule has 0 saturated carbocycles. The van der Waals surface area contributed by atoms with Gasteiger partial charge in [0.25, 0.3) is 0 Å². The van der Waals surface area contributed by atoms with Gasteiger partial charge in [0, 0.05) is 39.3 Å². The van der Waals surface area contributed by atoms with Gasteiger partial charge in [0.15, 0.2) is 0 Å². The van der Waals surface area contributed by atoms with Crippen LogP contribution in [0.15, 0.2) is 261 Å². The standard InChI is InChI=1S/C74H58N2/c1-73(2)69-47-61(41-45-65(69)67-43-31-55-19-11-13-21-63(55)71(67)73)75(57-33-23-51(24-34-57)49-15-7-5-8-16-49)59-37-27-53(28-38-59)54-29-39-60(40-30-54)76(58-35-25-52(26-36-58)50-17-9-6-10-18-50)62-42-46-66-68-44-32-56-20-12-14-22-64(56)72(68)74(3,4)70(66)48-62/h5-35,37-48,58H,36H2,1-4H3. The third kappa shape index (κ3) is 7.46. The van der Waals surface area contributed by atoms with Gasteiger partial charge in [-0.15, -0.1) is 0 Å². The number of anilines is 5. The first-order valence-corrected chi connectivity index (χ1v) is 26.9. The minimum atomic E-state index is -0.177. The van der Waals surface area contributed by atoms with Crippen molar-refractivity contribution in [1.82, 2.24) is 0 Å². The van der Waals surface area contributed by atoms with Crippen LogP contribution in [0.5, 0.6) is 0 Å². The van der Waals surface area contributed by atoms with Crippen LogP contribution in [-0.2, 0) is 10.8 Å². The predicted molar refractivity (Wildman–Crippen MR) is 323 cm³/mol. The van der Waals surface area contributed by atoms with Crippen molar-refractivity contribution < 1.29 is 0 Å². The monoisotopic (exact) mass is 974 g/mol. The topological polar surface area (TPSA) is 6.48 Å². The van der Waals surface area contributed by atoms with Crippen LogP contribution in [0.4, 0.5) is 28.4 Å². The Morgan fingerprint density at radius 3 is 1.26 bits per heavy atom. The maximum Gasteiger partial charge on any atom is 0.0560 e. The van der Waals surface area contributed by atoms with E-state index < -0.39 is 0 Å². The van der Waals surface area contributed by atoms with Gasteiger partial charge in [-0.1, -0.05) is 228 Å². The molecule has 2 heteroatoms. The van der Waals surface area contributed by atoms with Gasteiger partial charge in [-0.05, 0) is 167 Å². The Morgan fingerprint density at radius 1 is 0.355 bits per heavy atom. The molecule has 3 aliphatic carbocycles. The van der Waals surface area contributed by atoms with E-state index in [0.717, 1.165) is 23.5 Å². The second-order valence-corrected chi connectivity index (χ2v) is 22.0. The van der Waals surface area contributed by atoms with Crippen molar-refractivity contribution in [3.8, 4) is 44.5 Å². The van der Waals surface area contributed by atoms with Crippen LogP contribution >= 0.6 is 0 Å². The van der Waals surface area contributed by atoms with Crippen molar-refractivity contribution >= 4 is 55.6 Å². The number of hydrogen-bond donors (Lipinski definition) is 0. The van der Waals surface area contributed by atoms with Crippen LogP contribution in [0, 0.1) is 0 Å². The van der Waals surface area contributed by atoms with E-state index in [1.54, 1.807) is 0 Å². The lowest BCUT2D eigenvalue weighted by Crippen LogP contribution is -2.30. The smallest absolute Gasteiger partial charge is 0.0560 e. The Bertz CT molecular complexity index is 4100. The minimum Gasteiger partial charge on any atom is -0.334 e. The number of allylic oxidation sites excluding steroid dienone is 2. The first kappa shape index (κ1) is 45.6. The minimum absolute atomic E-state index is 0.134. The fourth-order valence-corrected chi connectivity index (χ4v) is 13.1. The highest BCUT2D eigenvalue weighted by Gasteiger charge is 2.39. The zero-order valence-electron chi connectivity index (χ0n) is 43.5. The van der Waals surface area contributed by atoms with Crippen LogP contribution in [0.2, 0.25) is 0 Å². The molecule has 0 N–H and O–H groups in total. The summed E-state index contributed by atoms with van der Waals surface area (Å²) in [5, 5.41) is 5.26. The van der Waals surface area contributed by atoms with Crippen LogP contribution in [0.3, 0.4) is 0 Å². The maximum atomic E-state index is 2.55. The Morgan fingerprint density at radius 2 is 0.763 bits per heavy atom. The lowest BCUT2D eigenvalue weighted by molar-refractivity contribution is 0.665. The zero-order chi connectivity index (χ0) is 51.1. The summed E-state index contributed by atoms with van der Waals surface area (Å²) in [7, 11) is 0. The number of hydrogen-bond acceptors (Lipinski definition) is 2. The van der Waals surface area contributed by atoms with Gasteiger partial charge < -0.3 is 9.80 Å². The number of nitrogens with zero attached hydrogens (tertiary/aromatic N) is 2. The SMILES string of the molecule is CC1(C)c2cc(N(c3ccc(-c4ccccc4)cc3)c3ccc(-c4ccc(N(c5ccc6c(c5)C(C)(C)c5c-6ccc6ccccc56)C5C=CC(c6ccccc6)=CC5)cc4)cc3)ccc2-c2ccc3ccccc3c21. The third-order valence-corrected chi connectivity index (χ3v) is 16.9. The van der Waals surface area contributed by atoms with E-state index in [0.29, 0.717) is 0 Å². The summed E-state index contributed by atoms with van der Waals surface area (Å²) in [4.78, 5) is 4.98. The lowest BCUT2D eigenvalue weighted by atomic mass is 9.80. The molecule has 0 spiro atoms. The zero-order valence-corrected chi connectivity index (χ0v) is 43.5. The molecule has 76 heavy (non-hydrogen) atoms. The molecule has 2 nitrogen and oxygen atoms in total. The van der Waals surface area contributed by atoms with E-state index in [1.807, 2.05) is 0 Å². The molecule has 1 atom stereocenters. The summed E-state index contributed by atoms with van der Waals surface area (Å²) in [5.74, 6) is 0. The Balaban J connectivity index is 0.814. The molecule has 0 bridgehead atoms. The summed E-state index contributed by atoms with van der Waals surface area (Å²) in [6.07, 6.45) is 8.02. The van der Waals surface area contributed by atoms with Gasteiger partial charge in [0.05, 0.1) is 6.04 Å². The average molecular weight is 975 g/mol. The molecular formula is C74H58N2. The summed E-state index contributed by atoms with van der Waals surface area (Å²) in [5.41, 5.74) is 23.6. The largest absolute Gasteiger partial charge is 0.334 e. The van der Waals surface area contributed by atoms with Crippen molar-refractivity contribution in [3.05, 3.63) is 289 Å². The predicted octanol–water partition coefficient (Wildman–Crippen LogP) is 20.0. The average Bonchev–Trinajstić information content (AvgIpc) is 3.86. The van der Waals surface area contributed by atoms with Crippen molar-refractivity contribution in [2.24, 2.45) is 0 Å². The van der Waals surface area contributed by atoms with Crippen LogP contribution in [0.25, 0.3) is 71.6 Å². The number of rotatable bonds is 9. The van der Waals surface area contributed by atoms with Crippen LogP contribution in [-0.4, -0.2) is 6.04 Å². The summed E-state index contributed by atoms with van der Waals surface area (Å²) in [6.45, 7) is 9.59. The van der Waals surface area contributed by atoms with Crippen molar-refractivity contribution in [1.29, 1.82) is 0 Å². The Hall–Kier alpha value is -8.98. The molecule has 11 aromatic carbocycles. The fraction of sp³-hybridized carbons (Fsp3) is 0.108. The van der Waals surface area contributed by atoms with Gasteiger partial charge in [-0.3, -0.25) is 0 Å². The van der Waals surface area contributed by atoms with E-state index in [2.05, 4.69) is 298 Å². The van der Waals surface area contributed by atoms with Crippen molar-refractivity contribution in [3.63, 3.8) is 0 Å². The molecule has 0 heterocycles. The van der Waals surface area contributed by atoms with Crippen LogP contribution in [0.1, 0.15) is 61.9 Å². The van der Waals surface area contributed by atoms with Gasteiger partial charge in [-0.25, -0.2) is 0 Å². The van der Waals surface area contributed by atoms with Gasteiger partial charge in [0.2, 0.25) is 0 Å². The molecule has 0 radical (unpaired) electrons. The van der Waals surface area contributed by atoms with Crippen molar-refractivity contribution in [2.75, 3.05) is 9.80 Å². The molecule has 0 saturated heterocycles. The van der Waals surface area contributed by atoms with Crippen LogP contribution < -0.4 is 9.80 Å². The fourth-order valence-electron chi connectivity index (χ4n) is 13.1. The lowest BCUT2D eigenvalue weighted by Gasteiger charge is -2.34. The Labute approximate surface area is 447 Å². The molecule has 364 valence electrons. The highest BCUT2D eigenvalue weighted by Crippen LogP contribution is 2.55. The highest BCUT2D eigenvalue weighted by atomic mass is 15.2. The number of fused-ring (bicyclic) bond motifs is 10. The molecule has 0 aromatic heterocycles. The first-order valence-electron chi connectivity index (χ1n) is 26.9. The molecule has 14 rings (SSSR count). The summed E-state index contributed by atoms with van der Waals surface area (Å²) >= 11 is 0. The maximum absolute atomic E-state index is 2.55. The molecule has 1 unspecified atom stereocenters. The van der Waals surface area contributed by atoms with Gasteiger partial charge >= 0.3 is 0 Å². The second-order valence-electron chi connectivity index (χ2n) is 22.0. The molecule has 0 aliphatic heterocycles. The van der Waals surface area contributed by atoms with Gasteiger partial charge in [0.1, 0.15) is 0 Å². The summed E-state index contributed by atoms with van der Waals surface area (Å²) in [6, 6.07) is 90.2.